The van der Waals surface area contributed by atoms with Crippen molar-refractivity contribution in [2.75, 3.05) is 11.1 Å². The summed E-state index contributed by atoms with van der Waals surface area (Å²) in [5, 5.41) is 15.4. The predicted octanol–water partition coefficient (Wildman–Crippen LogP) is 5.20. The number of halogens is 1. The van der Waals surface area contributed by atoms with Crippen molar-refractivity contribution >= 4 is 40.9 Å². The normalized spacial score (nSPS) is 10.7. The molecule has 0 aliphatic carbocycles. The molecule has 0 atom stereocenters. The molecule has 35 heavy (non-hydrogen) atoms. The fraction of sp³-hybridized carbons (Fsp3) is 0.154. The van der Waals surface area contributed by atoms with Gasteiger partial charge in [0, 0.05) is 16.3 Å². The van der Waals surface area contributed by atoms with Crippen molar-refractivity contribution in [1.29, 1.82) is 0 Å². The van der Waals surface area contributed by atoms with E-state index in [0.717, 1.165) is 22.5 Å². The highest BCUT2D eigenvalue weighted by atomic mass is 35.5. The molecule has 3 aromatic carbocycles. The Morgan fingerprint density at radius 2 is 1.69 bits per heavy atom. The highest BCUT2D eigenvalue weighted by molar-refractivity contribution is 7.99. The first kappa shape index (κ1) is 24.5. The quantitative estimate of drug-likeness (QED) is 0.321. The van der Waals surface area contributed by atoms with E-state index in [0.29, 0.717) is 21.6 Å². The highest BCUT2D eigenvalue weighted by Crippen LogP contribution is 2.24. The van der Waals surface area contributed by atoms with Gasteiger partial charge >= 0.3 is 0 Å². The van der Waals surface area contributed by atoms with E-state index < -0.39 is 0 Å². The van der Waals surface area contributed by atoms with E-state index in [4.69, 9.17) is 11.6 Å². The Balaban J connectivity index is 1.51. The molecule has 0 aliphatic heterocycles. The van der Waals surface area contributed by atoms with Gasteiger partial charge in [0.25, 0.3) is 5.91 Å². The van der Waals surface area contributed by atoms with Crippen molar-refractivity contribution < 1.29 is 9.59 Å². The summed E-state index contributed by atoms with van der Waals surface area (Å²) in [6, 6.07) is 22.2. The fourth-order valence-corrected chi connectivity index (χ4v) is 4.44. The summed E-state index contributed by atoms with van der Waals surface area (Å²) in [4.78, 5) is 25.2. The van der Waals surface area contributed by atoms with Crippen molar-refractivity contribution in [2.24, 2.45) is 0 Å². The van der Waals surface area contributed by atoms with Gasteiger partial charge in [0.05, 0.1) is 18.0 Å². The van der Waals surface area contributed by atoms with E-state index >= 15 is 0 Å². The standard InChI is InChI=1S/C26H24ClN5O2S/c1-17-6-3-8-19(12-17)25(34)28-15-23-30-31-26(32(23)22-11-5-9-20(27)14-22)35-16-24(33)29-21-10-4-7-18(2)13-21/h3-14H,15-16H2,1-2H3,(H,28,34)(H,29,33). The van der Waals surface area contributed by atoms with Crippen LogP contribution in [0.3, 0.4) is 0 Å². The molecule has 1 aromatic heterocycles. The molecule has 0 radical (unpaired) electrons. The summed E-state index contributed by atoms with van der Waals surface area (Å²) in [5.74, 6) is 0.300. The maximum atomic E-state index is 12.6. The first-order valence-electron chi connectivity index (χ1n) is 10.9. The lowest BCUT2D eigenvalue weighted by atomic mass is 10.1. The number of hydrogen-bond donors (Lipinski definition) is 2. The van der Waals surface area contributed by atoms with Crippen LogP contribution in [0.25, 0.3) is 5.69 Å². The number of thioether (sulfide) groups is 1. The van der Waals surface area contributed by atoms with Crippen LogP contribution in [0.2, 0.25) is 5.02 Å². The minimum atomic E-state index is -0.207. The van der Waals surface area contributed by atoms with Gasteiger partial charge in [-0.1, -0.05) is 59.3 Å². The van der Waals surface area contributed by atoms with Gasteiger partial charge in [-0.25, -0.2) is 0 Å². The van der Waals surface area contributed by atoms with Crippen LogP contribution in [0.5, 0.6) is 0 Å². The van der Waals surface area contributed by atoms with Gasteiger partial charge in [-0.2, -0.15) is 0 Å². The van der Waals surface area contributed by atoms with Gasteiger partial charge in [-0.05, 0) is 61.9 Å². The molecule has 178 valence electrons. The molecule has 0 bridgehead atoms. The van der Waals surface area contributed by atoms with E-state index in [2.05, 4.69) is 20.8 Å². The zero-order valence-electron chi connectivity index (χ0n) is 19.3. The summed E-state index contributed by atoms with van der Waals surface area (Å²) in [5.41, 5.74) is 4.12. The molecule has 0 spiro atoms. The lowest BCUT2D eigenvalue weighted by molar-refractivity contribution is -0.113. The fourth-order valence-electron chi connectivity index (χ4n) is 3.48. The smallest absolute Gasteiger partial charge is 0.251 e. The Bertz CT molecular complexity index is 1370. The maximum Gasteiger partial charge on any atom is 0.251 e. The Hall–Kier alpha value is -3.62. The third-order valence-electron chi connectivity index (χ3n) is 5.09. The summed E-state index contributed by atoms with van der Waals surface area (Å²) in [7, 11) is 0. The number of anilines is 1. The molecule has 7 nitrogen and oxygen atoms in total. The molecule has 9 heteroatoms. The lowest BCUT2D eigenvalue weighted by Gasteiger charge is -2.12. The minimum absolute atomic E-state index is 0.141. The van der Waals surface area contributed by atoms with Crippen LogP contribution in [0, 0.1) is 13.8 Å². The predicted molar refractivity (Wildman–Crippen MR) is 139 cm³/mol. The Labute approximate surface area is 212 Å². The van der Waals surface area contributed by atoms with Crippen LogP contribution < -0.4 is 10.6 Å². The number of rotatable bonds is 8. The Morgan fingerprint density at radius 3 is 2.43 bits per heavy atom. The number of nitrogens with one attached hydrogen (secondary N) is 2. The topological polar surface area (TPSA) is 88.9 Å². The largest absolute Gasteiger partial charge is 0.345 e. The van der Waals surface area contributed by atoms with Gasteiger partial charge < -0.3 is 10.6 Å². The first-order chi connectivity index (χ1) is 16.9. The molecule has 0 aliphatic rings. The summed E-state index contributed by atoms with van der Waals surface area (Å²) >= 11 is 7.48. The second kappa shape index (κ2) is 11.2. The SMILES string of the molecule is Cc1cccc(NC(=O)CSc2nnc(CNC(=O)c3cccc(C)c3)n2-c2cccc(Cl)c2)c1. The average molecular weight is 506 g/mol. The number of nitrogens with zero attached hydrogens (tertiary/aromatic N) is 3. The molecule has 0 fully saturated rings. The molecule has 0 saturated carbocycles. The number of amides is 2. The van der Waals surface area contributed by atoms with E-state index in [1.165, 1.54) is 11.8 Å². The summed E-state index contributed by atoms with van der Waals surface area (Å²) in [6.07, 6.45) is 0. The van der Waals surface area contributed by atoms with Gasteiger partial charge in [-0.15, -0.1) is 10.2 Å². The Kier molecular flexibility index (Phi) is 7.84. The number of carbonyl (C=O) groups is 2. The number of hydrogen-bond acceptors (Lipinski definition) is 5. The van der Waals surface area contributed by atoms with Crippen molar-refractivity contribution in [3.8, 4) is 5.69 Å². The number of aromatic nitrogens is 3. The van der Waals surface area contributed by atoms with Crippen molar-refractivity contribution in [2.45, 2.75) is 25.5 Å². The second-order valence-corrected chi connectivity index (χ2v) is 9.35. The van der Waals surface area contributed by atoms with Gasteiger partial charge in [0.2, 0.25) is 5.91 Å². The van der Waals surface area contributed by atoms with Gasteiger partial charge in [0.15, 0.2) is 11.0 Å². The second-order valence-electron chi connectivity index (χ2n) is 7.97. The number of benzene rings is 3. The average Bonchev–Trinajstić information content (AvgIpc) is 3.24. The zero-order chi connectivity index (χ0) is 24.8. The van der Waals surface area contributed by atoms with Crippen molar-refractivity contribution in [1.82, 2.24) is 20.1 Å². The molecule has 2 N–H and O–H groups in total. The van der Waals surface area contributed by atoms with Crippen LogP contribution in [-0.2, 0) is 11.3 Å². The number of aryl methyl sites for hydroxylation is 2. The Morgan fingerprint density at radius 1 is 0.943 bits per heavy atom. The monoisotopic (exact) mass is 505 g/mol. The van der Waals surface area contributed by atoms with Crippen LogP contribution in [-0.4, -0.2) is 32.3 Å². The molecular formula is C26H24ClN5O2S. The molecule has 4 rings (SSSR count). The van der Waals surface area contributed by atoms with Crippen LogP contribution >= 0.6 is 23.4 Å². The molecule has 0 unspecified atom stereocenters. The third kappa shape index (κ3) is 6.49. The lowest BCUT2D eigenvalue weighted by Crippen LogP contribution is -2.24. The van der Waals surface area contributed by atoms with Gasteiger partial charge in [0.1, 0.15) is 0 Å². The molecule has 4 aromatic rings. The van der Waals surface area contributed by atoms with Crippen LogP contribution in [0.1, 0.15) is 27.3 Å². The summed E-state index contributed by atoms with van der Waals surface area (Å²) in [6.45, 7) is 4.06. The molecular weight excluding hydrogens is 482 g/mol. The van der Waals surface area contributed by atoms with Crippen LogP contribution in [0.15, 0.2) is 78.0 Å². The first-order valence-corrected chi connectivity index (χ1v) is 12.3. The van der Waals surface area contributed by atoms with E-state index in [1.54, 1.807) is 22.8 Å². The van der Waals surface area contributed by atoms with Gasteiger partial charge in [-0.3, -0.25) is 14.2 Å². The third-order valence-corrected chi connectivity index (χ3v) is 6.25. The minimum Gasteiger partial charge on any atom is -0.345 e. The highest BCUT2D eigenvalue weighted by Gasteiger charge is 2.17. The number of carbonyl (C=O) groups excluding carboxylic acids is 2. The maximum absolute atomic E-state index is 12.6. The zero-order valence-corrected chi connectivity index (χ0v) is 20.9. The van der Waals surface area contributed by atoms with Crippen molar-refractivity contribution in [3.63, 3.8) is 0 Å². The summed E-state index contributed by atoms with van der Waals surface area (Å²) < 4.78 is 1.80. The van der Waals surface area contributed by atoms with Crippen molar-refractivity contribution in [3.05, 3.63) is 100 Å². The molecule has 0 saturated heterocycles. The van der Waals surface area contributed by atoms with E-state index in [9.17, 15) is 9.59 Å². The van der Waals surface area contributed by atoms with E-state index in [-0.39, 0.29) is 24.1 Å². The molecule has 1 heterocycles. The van der Waals surface area contributed by atoms with Crippen LogP contribution in [0.4, 0.5) is 5.69 Å². The van der Waals surface area contributed by atoms with E-state index in [1.807, 2.05) is 68.4 Å². The molecule has 2 amide bonds.